The van der Waals surface area contributed by atoms with Gasteiger partial charge in [0.2, 0.25) is 21.7 Å². The van der Waals surface area contributed by atoms with Gasteiger partial charge < -0.3 is 4.52 Å². The van der Waals surface area contributed by atoms with Gasteiger partial charge in [-0.2, -0.15) is 4.98 Å². The molecular formula is C17H16N4O3S. The smallest absolute Gasteiger partial charge is 0.235 e. The normalized spacial score (nSPS) is 14.4. The van der Waals surface area contributed by atoms with Crippen LogP contribution in [-0.2, 0) is 16.4 Å². The number of hydrogen-bond acceptors (Lipinski definition) is 6. The van der Waals surface area contributed by atoms with Crippen molar-refractivity contribution in [3.05, 3.63) is 60.2 Å². The van der Waals surface area contributed by atoms with Gasteiger partial charge in [-0.15, -0.1) is 0 Å². The highest BCUT2D eigenvalue weighted by molar-refractivity contribution is 7.93. The lowest BCUT2D eigenvalue weighted by Crippen LogP contribution is -2.18. The molecule has 3 aromatic rings. The summed E-state index contributed by atoms with van der Waals surface area (Å²) in [7, 11) is -3.32. The lowest BCUT2D eigenvalue weighted by atomic mass is 10.1. The van der Waals surface area contributed by atoms with Crippen LogP contribution in [0.25, 0.3) is 11.4 Å². The van der Waals surface area contributed by atoms with Crippen molar-refractivity contribution in [2.24, 2.45) is 0 Å². The standard InChI is InChI=1S/C17H16N4O3S/c22-25(23,14-5-6-14)21-15-4-2-1-3-13(15)11-16-19-17(20-24-16)12-7-9-18-10-8-12/h1-4,7-10,14,21H,5-6,11H2. The summed E-state index contributed by atoms with van der Waals surface area (Å²) in [6.07, 6.45) is 5.11. The SMILES string of the molecule is O=S(=O)(Nc1ccccc1Cc1nc(-c2ccncc2)no1)C1CC1. The highest BCUT2D eigenvalue weighted by atomic mass is 32.2. The van der Waals surface area contributed by atoms with Crippen molar-refractivity contribution < 1.29 is 12.9 Å². The first kappa shape index (κ1) is 15.8. The summed E-state index contributed by atoms with van der Waals surface area (Å²) in [6.45, 7) is 0. The maximum absolute atomic E-state index is 12.2. The maximum atomic E-state index is 12.2. The largest absolute Gasteiger partial charge is 0.339 e. The van der Waals surface area contributed by atoms with Crippen molar-refractivity contribution in [1.29, 1.82) is 0 Å². The highest BCUT2D eigenvalue weighted by Gasteiger charge is 2.36. The van der Waals surface area contributed by atoms with Crippen LogP contribution in [-0.4, -0.2) is 28.8 Å². The minimum Gasteiger partial charge on any atom is -0.339 e. The molecule has 25 heavy (non-hydrogen) atoms. The minimum atomic E-state index is -3.32. The molecule has 1 aliphatic carbocycles. The summed E-state index contributed by atoms with van der Waals surface area (Å²) in [5.74, 6) is 0.901. The second-order valence-electron chi connectivity index (χ2n) is 5.93. The Kier molecular flexibility index (Phi) is 3.96. The monoisotopic (exact) mass is 356 g/mol. The molecule has 1 fully saturated rings. The molecule has 1 saturated carbocycles. The number of nitrogens with one attached hydrogen (secondary N) is 1. The summed E-state index contributed by atoms with van der Waals surface area (Å²) in [5.41, 5.74) is 2.16. The molecule has 0 saturated heterocycles. The Labute approximate surface area is 145 Å². The second kappa shape index (κ2) is 6.29. The average Bonchev–Trinajstić information content (AvgIpc) is 3.38. The van der Waals surface area contributed by atoms with Crippen LogP contribution in [0.1, 0.15) is 24.3 Å². The van der Waals surface area contributed by atoms with Gasteiger partial charge in [0.1, 0.15) is 0 Å². The van der Waals surface area contributed by atoms with E-state index >= 15 is 0 Å². The van der Waals surface area contributed by atoms with Crippen molar-refractivity contribution in [2.45, 2.75) is 24.5 Å². The predicted molar refractivity (Wildman–Crippen MR) is 92.3 cm³/mol. The zero-order valence-electron chi connectivity index (χ0n) is 13.3. The van der Waals surface area contributed by atoms with Crippen molar-refractivity contribution in [3.8, 4) is 11.4 Å². The summed E-state index contributed by atoms with van der Waals surface area (Å²) < 4.78 is 32.4. The fourth-order valence-electron chi connectivity index (χ4n) is 2.50. The van der Waals surface area contributed by atoms with Crippen LogP contribution in [0.15, 0.2) is 53.3 Å². The molecule has 0 amide bonds. The molecule has 7 nitrogen and oxygen atoms in total. The second-order valence-corrected chi connectivity index (χ2v) is 7.89. The summed E-state index contributed by atoms with van der Waals surface area (Å²) in [6, 6.07) is 10.8. The molecule has 4 rings (SSSR count). The molecule has 1 aliphatic rings. The molecule has 0 bridgehead atoms. The lowest BCUT2D eigenvalue weighted by molar-refractivity contribution is 0.386. The molecule has 0 aliphatic heterocycles. The van der Waals surface area contributed by atoms with Crippen LogP contribution in [0, 0.1) is 0 Å². The molecule has 2 aromatic heterocycles. The highest BCUT2D eigenvalue weighted by Crippen LogP contribution is 2.31. The first-order valence-corrected chi connectivity index (χ1v) is 9.49. The number of anilines is 1. The third kappa shape index (κ3) is 3.53. The fourth-order valence-corrected chi connectivity index (χ4v) is 3.93. The Bertz CT molecular complexity index is 982. The van der Waals surface area contributed by atoms with Gasteiger partial charge >= 0.3 is 0 Å². The number of benzene rings is 1. The summed E-state index contributed by atoms with van der Waals surface area (Å²) in [4.78, 5) is 8.34. The zero-order valence-corrected chi connectivity index (χ0v) is 14.1. The third-order valence-corrected chi connectivity index (χ3v) is 5.83. The van der Waals surface area contributed by atoms with Gasteiger partial charge in [0, 0.05) is 18.0 Å². The molecule has 128 valence electrons. The molecule has 1 aromatic carbocycles. The molecular weight excluding hydrogens is 340 g/mol. The first-order valence-electron chi connectivity index (χ1n) is 7.94. The van der Waals surface area contributed by atoms with Crippen LogP contribution in [0.5, 0.6) is 0 Å². The molecule has 0 atom stereocenters. The minimum absolute atomic E-state index is 0.276. The van der Waals surface area contributed by atoms with Gasteiger partial charge in [-0.05, 0) is 36.6 Å². The van der Waals surface area contributed by atoms with Crippen LogP contribution in [0.2, 0.25) is 0 Å². The molecule has 1 N–H and O–H groups in total. The first-order chi connectivity index (χ1) is 12.1. The third-order valence-electron chi connectivity index (χ3n) is 3.98. The van der Waals surface area contributed by atoms with Crippen molar-refractivity contribution in [1.82, 2.24) is 15.1 Å². The number of hydrogen-bond donors (Lipinski definition) is 1. The molecule has 0 spiro atoms. The molecule has 2 heterocycles. The fraction of sp³-hybridized carbons (Fsp3) is 0.235. The molecule has 8 heteroatoms. The van der Waals surface area contributed by atoms with Gasteiger partial charge in [0.15, 0.2) is 0 Å². The van der Waals surface area contributed by atoms with E-state index in [0.29, 0.717) is 23.8 Å². The predicted octanol–water partition coefficient (Wildman–Crippen LogP) is 2.63. The van der Waals surface area contributed by atoms with E-state index in [-0.39, 0.29) is 5.25 Å². The molecule has 0 radical (unpaired) electrons. The van der Waals surface area contributed by atoms with E-state index in [1.165, 1.54) is 0 Å². The number of pyridine rings is 1. The van der Waals surface area contributed by atoms with Gasteiger partial charge in [-0.25, -0.2) is 8.42 Å². The van der Waals surface area contributed by atoms with E-state index in [0.717, 1.165) is 24.0 Å². The number of aromatic nitrogens is 3. The van der Waals surface area contributed by atoms with Gasteiger partial charge in [-0.1, -0.05) is 23.4 Å². The van der Waals surface area contributed by atoms with Crippen LogP contribution < -0.4 is 4.72 Å². The van der Waals surface area contributed by atoms with E-state index in [2.05, 4.69) is 19.8 Å². The lowest BCUT2D eigenvalue weighted by Gasteiger charge is -2.10. The zero-order chi connectivity index (χ0) is 17.3. The average molecular weight is 356 g/mol. The number of para-hydroxylation sites is 1. The number of rotatable bonds is 6. The summed E-state index contributed by atoms with van der Waals surface area (Å²) in [5, 5.41) is 3.70. The topological polar surface area (TPSA) is 98.0 Å². The quantitative estimate of drug-likeness (QED) is 0.729. The Morgan fingerprint density at radius 3 is 2.64 bits per heavy atom. The van der Waals surface area contributed by atoms with Crippen LogP contribution >= 0.6 is 0 Å². The van der Waals surface area contributed by atoms with E-state index in [4.69, 9.17) is 4.52 Å². The Balaban J connectivity index is 1.56. The van der Waals surface area contributed by atoms with Gasteiger partial charge in [0.25, 0.3) is 0 Å². The van der Waals surface area contributed by atoms with Crippen molar-refractivity contribution in [3.63, 3.8) is 0 Å². The van der Waals surface area contributed by atoms with E-state index < -0.39 is 10.0 Å². The Morgan fingerprint density at radius 1 is 1.12 bits per heavy atom. The Morgan fingerprint density at radius 2 is 1.88 bits per heavy atom. The van der Waals surface area contributed by atoms with Crippen molar-refractivity contribution in [2.75, 3.05) is 4.72 Å². The van der Waals surface area contributed by atoms with E-state index in [1.54, 1.807) is 36.7 Å². The Hall–Kier alpha value is -2.74. The van der Waals surface area contributed by atoms with Gasteiger partial charge in [-0.3, -0.25) is 9.71 Å². The van der Waals surface area contributed by atoms with Crippen LogP contribution in [0.3, 0.4) is 0 Å². The van der Waals surface area contributed by atoms with Crippen molar-refractivity contribution >= 4 is 15.7 Å². The maximum Gasteiger partial charge on any atom is 0.235 e. The van der Waals surface area contributed by atoms with E-state index in [9.17, 15) is 8.42 Å². The molecule has 0 unspecified atom stereocenters. The number of nitrogens with zero attached hydrogens (tertiary/aromatic N) is 3. The summed E-state index contributed by atoms with van der Waals surface area (Å²) >= 11 is 0. The van der Waals surface area contributed by atoms with E-state index in [1.807, 2.05) is 12.1 Å². The number of sulfonamides is 1. The van der Waals surface area contributed by atoms with Gasteiger partial charge in [0.05, 0.1) is 17.4 Å². The van der Waals surface area contributed by atoms with Crippen LogP contribution in [0.4, 0.5) is 5.69 Å².